The molecule has 1 fully saturated rings. The summed E-state index contributed by atoms with van der Waals surface area (Å²) in [6.45, 7) is 1.94. The number of rotatable bonds is 5. The van der Waals surface area contributed by atoms with E-state index >= 15 is 0 Å². The van der Waals surface area contributed by atoms with Gasteiger partial charge in [0.2, 0.25) is 5.95 Å². The molecule has 1 aromatic heterocycles. The van der Waals surface area contributed by atoms with Crippen molar-refractivity contribution in [3.8, 4) is 5.75 Å². The van der Waals surface area contributed by atoms with Gasteiger partial charge in [0.25, 0.3) is 0 Å². The van der Waals surface area contributed by atoms with Gasteiger partial charge in [-0.05, 0) is 37.5 Å². The van der Waals surface area contributed by atoms with Crippen LogP contribution in [-0.4, -0.2) is 23.1 Å². The van der Waals surface area contributed by atoms with E-state index in [2.05, 4.69) is 20.6 Å². The van der Waals surface area contributed by atoms with E-state index < -0.39 is 0 Å². The summed E-state index contributed by atoms with van der Waals surface area (Å²) in [5.41, 5.74) is 1.76. The Morgan fingerprint density at radius 1 is 1.33 bits per heavy atom. The molecule has 0 radical (unpaired) electrons. The van der Waals surface area contributed by atoms with E-state index in [0.29, 0.717) is 22.8 Å². The largest absolute Gasteiger partial charge is 0.495 e. The molecule has 0 aliphatic heterocycles. The fourth-order valence-corrected chi connectivity index (χ4v) is 2.14. The molecule has 0 spiro atoms. The second-order valence-electron chi connectivity index (χ2n) is 5.11. The quantitative estimate of drug-likeness (QED) is 0.880. The maximum Gasteiger partial charge on any atom is 0.229 e. The van der Waals surface area contributed by atoms with E-state index in [1.165, 1.54) is 12.8 Å². The molecule has 1 heterocycles. The van der Waals surface area contributed by atoms with E-state index in [0.717, 1.165) is 17.1 Å². The Balaban J connectivity index is 1.83. The Labute approximate surface area is 128 Å². The number of ether oxygens (including phenoxy) is 1. The van der Waals surface area contributed by atoms with E-state index in [4.69, 9.17) is 16.3 Å². The summed E-state index contributed by atoms with van der Waals surface area (Å²) in [6.07, 6.45) is 4.14. The van der Waals surface area contributed by atoms with E-state index in [-0.39, 0.29) is 0 Å². The lowest BCUT2D eigenvalue weighted by atomic mass is 10.2. The van der Waals surface area contributed by atoms with Gasteiger partial charge in [-0.25, -0.2) is 4.98 Å². The van der Waals surface area contributed by atoms with Crippen LogP contribution in [0, 0.1) is 6.92 Å². The first-order valence-electron chi connectivity index (χ1n) is 6.86. The molecule has 0 saturated heterocycles. The number of nitrogens with zero attached hydrogens (tertiary/aromatic N) is 2. The molecule has 2 N–H and O–H groups in total. The van der Waals surface area contributed by atoms with Crippen LogP contribution >= 0.6 is 11.6 Å². The van der Waals surface area contributed by atoms with Crippen molar-refractivity contribution in [2.45, 2.75) is 25.8 Å². The average molecular weight is 305 g/mol. The zero-order valence-corrected chi connectivity index (χ0v) is 12.7. The van der Waals surface area contributed by atoms with Gasteiger partial charge in [-0.15, -0.1) is 0 Å². The molecular weight excluding hydrogens is 288 g/mol. The molecule has 3 rings (SSSR count). The number of hydrogen-bond acceptors (Lipinski definition) is 5. The maximum atomic E-state index is 6.11. The first kappa shape index (κ1) is 13.9. The van der Waals surface area contributed by atoms with Gasteiger partial charge >= 0.3 is 0 Å². The highest BCUT2D eigenvalue weighted by atomic mass is 35.5. The van der Waals surface area contributed by atoms with Crippen LogP contribution in [0.3, 0.4) is 0 Å². The number of halogens is 1. The number of methoxy groups -OCH3 is 1. The number of benzene rings is 1. The van der Waals surface area contributed by atoms with Crippen LogP contribution in [0.2, 0.25) is 5.02 Å². The van der Waals surface area contributed by atoms with Crippen molar-refractivity contribution in [2.75, 3.05) is 17.7 Å². The van der Waals surface area contributed by atoms with Gasteiger partial charge in [0.05, 0.1) is 12.8 Å². The Morgan fingerprint density at radius 2 is 2.14 bits per heavy atom. The third-order valence-corrected chi connectivity index (χ3v) is 3.72. The van der Waals surface area contributed by atoms with Crippen molar-refractivity contribution in [2.24, 2.45) is 0 Å². The summed E-state index contributed by atoms with van der Waals surface area (Å²) in [6, 6.07) is 6.13. The molecular formula is C15H17ClN4O. The molecule has 110 valence electrons. The van der Waals surface area contributed by atoms with E-state index in [1.54, 1.807) is 19.4 Å². The highest BCUT2D eigenvalue weighted by Gasteiger charge is 2.21. The van der Waals surface area contributed by atoms with Crippen molar-refractivity contribution in [3.63, 3.8) is 0 Å². The molecule has 0 unspecified atom stereocenters. The lowest BCUT2D eigenvalue weighted by Gasteiger charge is -2.12. The van der Waals surface area contributed by atoms with Crippen molar-refractivity contribution in [1.29, 1.82) is 0 Å². The maximum absolute atomic E-state index is 6.11. The number of aryl methyl sites for hydroxylation is 1. The molecule has 5 nitrogen and oxygen atoms in total. The lowest BCUT2D eigenvalue weighted by Crippen LogP contribution is -2.06. The van der Waals surface area contributed by atoms with Crippen molar-refractivity contribution < 1.29 is 4.74 Å². The average Bonchev–Trinajstić information content (AvgIpc) is 3.27. The molecule has 1 aliphatic carbocycles. The number of anilines is 3. The smallest absolute Gasteiger partial charge is 0.229 e. The second-order valence-corrected chi connectivity index (χ2v) is 5.52. The van der Waals surface area contributed by atoms with E-state index in [1.807, 2.05) is 19.1 Å². The van der Waals surface area contributed by atoms with Crippen molar-refractivity contribution in [3.05, 3.63) is 35.0 Å². The summed E-state index contributed by atoms with van der Waals surface area (Å²) >= 11 is 6.11. The molecule has 0 atom stereocenters. The Bertz CT molecular complexity index is 658. The Kier molecular flexibility index (Phi) is 3.84. The molecule has 21 heavy (non-hydrogen) atoms. The van der Waals surface area contributed by atoms with Crippen molar-refractivity contribution in [1.82, 2.24) is 9.97 Å². The first-order valence-corrected chi connectivity index (χ1v) is 7.24. The fraction of sp³-hybridized carbons (Fsp3) is 0.333. The molecule has 2 aromatic rings. The highest BCUT2D eigenvalue weighted by molar-refractivity contribution is 6.31. The summed E-state index contributed by atoms with van der Waals surface area (Å²) in [4.78, 5) is 8.69. The standard InChI is InChI=1S/C15H17ClN4O/c1-9-7-12(13(21-2)8-11(9)16)19-15-17-6-5-14(20-15)18-10-3-4-10/h5-8,10H,3-4H2,1-2H3,(H2,17,18,19,20). The summed E-state index contributed by atoms with van der Waals surface area (Å²) in [5, 5.41) is 7.20. The Hall–Kier alpha value is -2.01. The SMILES string of the molecule is COc1cc(Cl)c(C)cc1Nc1nccc(NC2CC2)n1. The summed E-state index contributed by atoms with van der Waals surface area (Å²) < 4.78 is 5.34. The molecule has 0 amide bonds. The van der Waals surface area contributed by atoms with Crippen LogP contribution in [0.5, 0.6) is 5.75 Å². The van der Waals surface area contributed by atoms with Crippen molar-refractivity contribution >= 4 is 29.1 Å². The van der Waals surface area contributed by atoms with Gasteiger partial charge in [0, 0.05) is 23.3 Å². The van der Waals surface area contributed by atoms with Gasteiger partial charge in [-0.2, -0.15) is 4.98 Å². The Morgan fingerprint density at radius 3 is 2.86 bits per heavy atom. The van der Waals surface area contributed by atoms with Crippen LogP contribution in [-0.2, 0) is 0 Å². The number of hydrogen-bond donors (Lipinski definition) is 2. The van der Waals surface area contributed by atoms with Crippen LogP contribution in [0.4, 0.5) is 17.5 Å². The molecule has 6 heteroatoms. The third-order valence-electron chi connectivity index (χ3n) is 3.31. The second kappa shape index (κ2) is 5.77. The molecule has 1 aliphatic rings. The topological polar surface area (TPSA) is 59.1 Å². The molecule has 1 aromatic carbocycles. The predicted molar refractivity (Wildman–Crippen MR) is 84.7 cm³/mol. The van der Waals surface area contributed by atoms with Crippen LogP contribution in [0.1, 0.15) is 18.4 Å². The predicted octanol–water partition coefficient (Wildman–Crippen LogP) is 3.76. The molecule has 1 saturated carbocycles. The van der Waals surface area contributed by atoms with Gasteiger partial charge in [-0.1, -0.05) is 11.6 Å². The van der Waals surface area contributed by atoms with Gasteiger partial charge in [0.1, 0.15) is 11.6 Å². The van der Waals surface area contributed by atoms with Gasteiger partial charge < -0.3 is 15.4 Å². The van der Waals surface area contributed by atoms with Crippen LogP contribution in [0.15, 0.2) is 24.4 Å². The molecule has 0 bridgehead atoms. The minimum Gasteiger partial charge on any atom is -0.495 e. The lowest BCUT2D eigenvalue weighted by molar-refractivity contribution is 0.416. The summed E-state index contributed by atoms with van der Waals surface area (Å²) in [5.74, 6) is 2.02. The highest BCUT2D eigenvalue weighted by Crippen LogP contribution is 2.32. The van der Waals surface area contributed by atoms with Crippen LogP contribution < -0.4 is 15.4 Å². The summed E-state index contributed by atoms with van der Waals surface area (Å²) in [7, 11) is 1.61. The zero-order valence-electron chi connectivity index (χ0n) is 12.0. The number of aromatic nitrogens is 2. The number of nitrogens with one attached hydrogen (secondary N) is 2. The van der Waals surface area contributed by atoms with Gasteiger partial charge in [-0.3, -0.25) is 0 Å². The first-order chi connectivity index (χ1) is 10.2. The minimum atomic E-state index is 0.528. The minimum absolute atomic E-state index is 0.528. The van der Waals surface area contributed by atoms with Gasteiger partial charge in [0.15, 0.2) is 0 Å². The monoisotopic (exact) mass is 304 g/mol. The zero-order chi connectivity index (χ0) is 14.8. The normalized spacial score (nSPS) is 13.9. The third kappa shape index (κ3) is 3.36. The fourth-order valence-electron chi connectivity index (χ4n) is 1.99. The van der Waals surface area contributed by atoms with E-state index in [9.17, 15) is 0 Å². The van der Waals surface area contributed by atoms with Crippen LogP contribution in [0.25, 0.3) is 0 Å².